The third-order valence-corrected chi connectivity index (χ3v) is 13.7. The molecule has 0 unspecified atom stereocenters. The number of benzene rings is 5. The summed E-state index contributed by atoms with van der Waals surface area (Å²) in [5.41, 5.74) is 25.8. The molecular formula is C54H72N6. The second-order valence-electron chi connectivity index (χ2n) is 19.1. The first-order chi connectivity index (χ1) is 28.6. The second kappa shape index (κ2) is 18.9. The molecular weight excluding hydrogens is 733 g/mol. The summed E-state index contributed by atoms with van der Waals surface area (Å²) in [6.07, 6.45) is 0. The summed E-state index contributed by atoms with van der Waals surface area (Å²) in [5.74, 6) is 0. The summed E-state index contributed by atoms with van der Waals surface area (Å²) in [6.45, 7) is 25.3. The normalized spacial score (nSPS) is 17.8. The van der Waals surface area contributed by atoms with Crippen molar-refractivity contribution in [2.24, 2.45) is 0 Å². The van der Waals surface area contributed by atoms with E-state index in [-0.39, 0.29) is 0 Å². The smallest absolute Gasteiger partial charge is 0.0239 e. The van der Waals surface area contributed by atoms with Crippen molar-refractivity contribution < 1.29 is 0 Å². The molecule has 8 rings (SSSR count). The molecule has 3 aliphatic rings. The van der Waals surface area contributed by atoms with Crippen LogP contribution in [0, 0.1) is 41.5 Å². The van der Waals surface area contributed by atoms with E-state index in [0.29, 0.717) is 0 Å². The SMILES string of the molecule is Cc1c2c(C)c3c(C)c1CN(C)Cc1cccc(c1)CN(C)Cc1c(C)c(c(C)c(c1C)CN(C)Cc1cccc(c1)CN(C)C3)CN(C)Cc1cccc(c1)CN(C)C2. The molecule has 0 radical (unpaired) electrons. The summed E-state index contributed by atoms with van der Waals surface area (Å²) in [4.78, 5) is 15.2. The first kappa shape index (κ1) is 43.9. The van der Waals surface area contributed by atoms with Gasteiger partial charge in [0.2, 0.25) is 0 Å². The van der Waals surface area contributed by atoms with Gasteiger partial charge in [-0.15, -0.1) is 0 Å². The van der Waals surface area contributed by atoms with Gasteiger partial charge in [-0.2, -0.15) is 0 Å². The lowest BCUT2D eigenvalue weighted by molar-refractivity contribution is 0.300. The molecule has 0 atom stereocenters. The highest BCUT2D eigenvalue weighted by molar-refractivity contribution is 5.52. The fraction of sp³-hybridized carbons (Fsp3) is 0.444. The summed E-state index contributed by atoms with van der Waals surface area (Å²) >= 11 is 0. The third kappa shape index (κ3) is 10.1. The maximum Gasteiger partial charge on any atom is 0.0239 e. The van der Waals surface area contributed by atoms with Gasteiger partial charge in [0.15, 0.2) is 0 Å². The van der Waals surface area contributed by atoms with Gasteiger partial charge in [-0.05, 0) is 184 Å². The van der Waals surface area contributed by atoms with Crippen LogP contribution in [-0.2, 0) is 78.5 Å². The fourth-order valence-corrected chi connectivity index (χ4v) is 10.5. The lowest BCUT2D eigenvalue weighted by atomic mass is 9.87. The van der Waals surface area contributed by atoms with E-state index in [9.17, 15) is 0 Å². The standard InChI is InChI=1S/C54H72N6/c1-37-49-31-55(7)25-43-16-13-18-45(22-43)28-58(10)34-52-40(4)53-35-59(11)29-46-19-14-17-44(23-46)26-56(8)32-50(37)39(3)51(38(49)2)33-57(9)27-47-20-15-21-48(24-47)30-60(12)36-54(41(52)5)42(53)6/h13-24H,25-36H2,1-12H3. The van der Waals surface area contributed by atoms with Crippen molar-refractivity contribution >= 4 is 0 Å². The van der Waals surface area contributed by atoms with Crippen LogP contribution in [0.4, 0.5) is 0 Å². The van der Waals surface area contributed by atoms with Gasteiger partial charge >= 0.3 is 0 Å². The maximum absolute atomic E-state index is 2.53. The summed E-state index contributed by atoms with van der Waals surface area (Å²) < 4.78 is 0. The number of nitrogens with zero attached hydrogens (tertiary/aromatic N) is 6. The molecule has 318 valence electrons. The minimum absolute atomic E-state index is 0.908. The Bertz CT molecular complexity index is 1880. The second-order valence-corrected chi connectivity index (χ2v) is 19.1. The van der Waals surface area contributed by atoms with Gasteiger partial charge in [0.1, 0.15) is 0 Å². The van der Waals surface area contributed by atoms with Crippen LogP contribution in [0.25, 0.3) is 0 Å². The van der Waals surface area contributed by atoms with Crippen molar-refractivity contribution in [3.05, 3.63) is 173 Å². The fourth-order valence-electron chi connectivity index (χ4n) is 10.5. The van der Waals surface area contributed by atoms with Crippen molar-refractivity contribution in [3.63, 3.8) is 0 Å². The van der Waals surface area contributed by atoms with Gasteiger partial charge in [0, 0.05) is 78.5 Å². The number of fused-ring (bicyclic) bond motifs is 12. The zero-order chi connectivity index (χ0) is 42.8. The Morgan fingerprint density at radius 1 is 0.250 bits per heavy atom. The van der Waals surface area contributed by atoms with Gasteiger partial charge in [0.05, 0.1) is 0 Å². The highest BCUT2D eigenvalue weighted by atomic mass is 15.1. The van der Waals surface area contributed by atoms with Gasteiger partial charge in [-0.3, -0.25) is 29.4 Å². The third-order valence-electron chi connectivity index (χ3n) is 13.7. The maximum atomic E-state index is 2.53. The largest absolute Gasteiger partial charge is 0.298 e. The van der Waals surface area contributed by atoms with E-state index >= 15 is 0 Å². The van der Waals surface area contributed by atoms with Crippen LogP contribution in [-0.4, -0.2) is 71.7 Å². The number of rotatable bonds is 0. The van der Waals surface area contributed by atoms with Crippen LogP contribution in [0.1, 0.15) is 100 Å². The summed E-state index contributed by atoms with van der Waals surface area (Å²) in [7, 11) is 13.8. The van der Waals surface area contributed by atoms with E-state index in [1.165, 1.54) is 100 Å². The van der Waals surface area contributed by atoms with Crippen LogP contribution in [0.3, 0.4) is 0 Å². The predicted octanol–water partition coefficient (Wildman–Crippen LogP) is 9.96. The van der Waals surface area contributed by atoms with Crippen molar-refractivity contribution in [2.45, 2.75) is 120 Å². The van der Waals surface area contributed by atoms with Crippen molar-refractivity contribution in [1.82, 2.24) is 29.4 Å². The molecule has 5 aromatic carbocycles. The lowest BCUT2D eigenvalue weighted by Gasteiger charge is -2.30. The highest BCUT2D eigenvalue weighted by Crippen LogP contribution is 2.33. The molecule has 0 fully saturated rings. The van der Waals surface area contributed by atoms with E-state index in [2.05, 4.69) is 186 Å². The van der Waals surface area contributed by atoms with Crippen LogP contribution in [0.15, 0.2) is 72.8 Å². The molecule has 0 saturated carbocycles. The van der Waals surface area contributed by atoms with Crippen molar-refractivity contribution in [1.29, 1.82) is 0 Å². The summed E-state index contributed by atoms with van der Waals surface area (Å²) in [5, 5.41) is 0. The number of hydrogen-bond donors (Lipinski definition) is 0. The Kier molecular flexibility index (Phi) is 13.8. The predicted molar refractivity (Wildman–Crippen MR) is 252 cm³/mol. The van der Waals surface area contributed by atoms with E-state index in [4.69, 9.17) is 0 Å². The molecule has 0 spiro atoms. The molecule has 0 aromatic heterocycles. The van der Waals surface area contributed by atoms with Crippen LogP contribution in [0.5, 0.6) is 0 Å². The van der Waals surface area contributed by atoms with Gasteiger partial charge in [-0.25, -0.2) is 0 Å². The molecule has 0 aliphatic carbocycles. The van der Waals surface area contributed by atoms with Gasteiger partial charge in [-0.1, -0.05) is 72.8 Å². The van der Waals surface area contributed by atoms with E-state index in [1.807, 2.05) is 0 Å². The van der Waals surface area contributed by atoms with Crippen LogP contribution < -0.4 is 0 Å². The molecule has 6 nitrogen and oxygen atoms in total. The van der Waals surface area contributed by atoms with Crippen LogP contribution in [0.2, 0.25) is 0 Å². The molecule has 0 N–H and O–H groups in total. The highest BCUT2D eigenvalue weighted by Gasteiger charge is 2.23. The molecule has 3 heterocycles. The average Bonchev–Trinajstić information content (AvgIpc) is 3.18. The molecule has 60 heavy (non-hydrogen) atoms. The monoisotopic (exact) mass is 805 g/mol. The van der Waals surface area contributed by atoms with Crippen molar-refractivity contribution in [2.75, 3.05) is 42.3 Å². The quantitative estimate of drug-likeness (QED) is 0.154. The zero-order valence-electron chi connectivity index (χ0n) is 39.1. The average molecular weight is 805 g/mol. The Labute approximate surface area is 363 Å². The van der Waals surface area contributed by atoms with Crippen LogP contribution >= 0.6 is 0 Å². The first-order valence-corrected chi connectivity index (χ1v) is 22.2. The Morgan fingerprint density at radius 3 is 0.550 bits per heavy atom. The minimum atomic E-state index is 0.908. The Morgan fingerprint density at radius 2 is 0.400 bits per heavy atom. The van der Waals surface area contributed by atoms with E-state index in [1.54, 1.807) is 0 Å². The van der Waals surface area contributed by atoms with Gasteiger partial charge in [0.25, 0.3) is 0 Å². The first-order valence-electron chi connectivity index (χ1n) is 22.2. The summed E-state index contributed by atoms with van der Waals surface area (Å²) in [6, 6.07) is 28.0. The molecule has 12 bridgehead atoms. The molecule has 3 aliphatic heterocycles. The van der Waals surface area contributed by atoms with E-state index < -0.39 is 0 Å². The Balaban J connectivity index is 1.41. The Hall–Kier alpha value is -4.14. The lowest BCUT2D eigenvalue weighted by Crippen LogP contribution is -2.26. The van der Waals surface area contributed by atoms with Crippen molar-refractivity contribution in [3.8, 4) is 0 Å². The van der Waals surface area contributed by atoms with E-state index in [0.717, 1.165) is 78.5 Å². The molecule has 6 heteroatoms. The minimum Gasteiger partial charge on any atom is -0.298 e. The molecule has 5 aromatic rings. The topological polar surface area (TPSA) is 19.4 Å². The van der Waals surface area contributed by atoms with Gasteiger partial charge < -0.3 is 0 Å². The zero-order valence-corrected chi connectivity index (χ0v) is 39.1. The number of hydrogen-bond acceptors (Lipinski definition) is 6. The molecule has 0 amide bonds. The molecule has 0 saturated heterocycles.